The SMILES string of the molecule is Cc1c(C(=O)c2ccccc2)c(N)c(-c2ccccc2)n1Cc1ccc(Cl)cc1. The number of nitrogens with two attached hydrogens (primary N) is 1. The van der Waals surface area contributed by atoms with Gasteiger partial charge in [0, 0.05) is 28.4 Å². The van der Waals surface area contributed by atoms with Gasteiger partial charge >= 0.3 is 0 Å². The van der Waals surface area contributed by atoms with Crippen LogP contribution in [0.3, 0.4) is 0 Å². The van der Waals surface area contributed by atoms with E-state index in [1.165, 1.54) is 0 Å². The summed E-state index contributed by atoms with van der Waals surface area (Å²) in [6.07, 6.45) is 0. The molecule has 0 spiro atoms. The van der Waals surface area contributed by atoms with Crippen molar-refractivity contribution >= 4 is 23.1 Å². The van der Waals surface area contributed by atoms with Crippen LogP contribution in [-0.4, -0.2) is 10.4 Å². The van der Waals surface area contributed by atoms with Gasteiger partial charge < -0.3 is 10.3 Å². The zero-order valence-electron chi connectivity index (χ0n) is 16.1. The Hall–Kier alpha value is -3.30. The number of hydrogen-bond donors (Lipinski definition) is 1. The Morgan fingerprint density at radius 2 is 1.48 bits per heavy atom. The van der Waals surface area contributed by atoms with Gasteiger partial charge in [0.2, 0.25) is 0 Å². The van der Waals surface area contributed by atoms with Crippen LogP contribution in [0.5, 0.6) is 0 Å². The van der Waals surface area contributed by atoms with Crippen molar-refractivity contribution < 1.29 is 4.79 Å². The first-order valence-electron chi connectivity index (χ1n) is 9.44. The number of anilines is 1. The van der Waals surface area contributed by atoms with E-state index in [2.05, 4.69) is 4.57 Å². The smallest absolute Gasteiger partial charge is 0.196 e. The molecule has 0 aliphatic carbocycles. The lowest BCUT2D eigenvalue weighted by atomic mass is 10.0. The number of carbonyl (C=O) groups is 1. The highest BCUT2D eigenvalue weighted by Crippen LogP contribution is 2.36. The van der Waals surface area contributed by atoms with Crippen molar-refractivity contribution in [3.8, 4) is 11.3 Å². The number of nitrogens with zero attached hydrogens (tertiary/aromatic N) is 1. The van der Waals surface area contributed by atoms with Gasteiger partial charge in [0.05, 0.1) is 16.9 Å². The molecule has 0 fully saturated rings. The van der Waals surface area contributed by atoms with Gasteiger partial charge in [-0.25, -0.2) is 0 Å². The summed E-state index contributed by atoms with van der Waals surface area (Å²) in [6, 6.07) is 26.9. The Labute approximate surface area is 175 Å². The van der Waals surface area contributed by atoms with E-state index < -0.39 is 0 Å². The zero-order valence-corrected chi connectivity index (χ0v) is 16.9. The molecule has 0 aliphatic heterocycles. The van der Waals surface area contributed by atoms with E-state index in [0.29, 0.717) is 28.4 Å². The van der Waals surface area contributed by atoms with Gasteiger partial charge in [-0.2, -0.15) is 0 Å². The molecule has 4 rings (SSSR count). The van der Waals surface area contributed by atoms with Crippen LogP contribution in [-0.2, 0) is 6.54 Å². The van der Waals surface area contributed by atoms with E-state index in [0.717, 1.165) is 22.5 Å². The van der Waals surface area contributed by atoms with Crippen LogP contribution >= 0.6 is 11.6 Å². The summed E-state index contributed by atoms with van der Waals surface area (Å²) in [5.74, 6) is -0.0624. The molecule has 0 unspecified atom stereocenters. The van der Waals surface area contributed by atoms with Crippen molar-refractivity contribution in [1.82, 2.24) is 4.57 Å². The number of benzene rings is 3. The normalized spacial score (nSPS) is 10.8. The highest BCUT2D eigenvalue weighted by molar-refractivity contribution is 6.30. The fourth-order valence-electron chi connectivity index (χ4n) is 3.66. The van der Waals surface area contributed by atoms with Gasteiger partial charge in [0.25, 0.3) is 0 Å². The van der Waals surface area contributed by atoms with Gasteiger partial charge in [-0.3, -0.25) is 4.79 Å². The first kappa shape index (κ1) is 19.0. The quantitative estimate of drug-likeness (QED) is 0.419. The number of ketones is 1. The molecule has 2 N–H and O–H groups in total. The monoisotopic (exact) mass is 400 g/mol. The molecule has 0 amide bonds. The molecule has 144 valence electrons. The largest absolute Gasteiger partial charge is 0.396 e. The molecule has 4 aromatic rings. The molecule has 4 heteroatoms. The van der Waals surface area contributed by atoms with E-state index in [9.17, 15) is 4.79 Å². The van der Waals surface area contributed by atoms with Crippen LogP contribution in [0.15, 0.2) is 84.9 Å². The molecular formula is C25H21ClN2O. The number of halogens is 1. The van der Waals surface area contributed by atoms with Gasteiger partial charge in [0.1, 0.15) is 0 Å². The molecule has 3 aromatic carbocycles. The molecule has 0 aliphatic rings. The molecule has 0 atom stereocenters. The van der Waals surface area contributed by atoms with Gasteiger partial charge in [-0.1, -0.05) is 84.4 Å². The molecule has 1 aromatic heterocycles. The third kappa shape index (κ3) is 3.69. The summed E-state index contributed by atoms with van der Waals surface area (Å²) < 4.78 is 2.12. The molecule has 1 heterocycles. The molecule has 0 radical (unpaired) electrons. The lowest BCUT2D eigenvalue weighted by Crippen LogP contribution is -2.07. The summed E-state index contributed by atoms with van der Waals surface area (Å²) in [5.41, 5.74) is 12.1. The topological polar surface area (TPSA) is 48.0 Å². The minimum absolute atomic E-state index is 0.0624. The van der Waals surface area contributed by atoms with E-state index in [1.807, 2.05) is 91.9 Å². The van der Waals surface area contributed by atoms with Crippen LogP contribution < -0.4 is 5.73 Å². The summed E-state index contributed by atoms with van der Waals surface area (Å²) in [5, 5.41) is 0.695. The second-order valence-electron chi connectivity index (χ2n) is 7.00. The van der Waals surface area contributed by atoms with Crippen LogP contribution in [0.4, 0.5) is 5.69 Å². The van der Waals surface area contributed by atoms with Crippen molar-refractivity contribution in [2.75, 3.05) is 5.73 Å². The third-order valence-electron chi connectivity index (χ3n) is 5.13. The molecule has 0 saturated carbocycles. The van der Waals surface area contributed by atoms with Gasteiger partial charge in [-0.15, -0.1) is 0 Å². The van der Waals surface area contributed by atoms with Crippen LogP contribution in [0.25, 0.3) is 11.3 Å². The molecule has 29 heavy (non-hydrogen) atoms. The second kappa shape index (κ2) is 7.98. The van der Waals surface area contributed by atoms with Crippen molar-refractivity contribution in [3.63, 3.8) is 0 Å². The Bertz CT molecular complexity index is 1150. The number of rotatable bonds is 5. The van der Waals surface area contributed by atoms with Crippen LogP contribution in [0.1, 0.15) is 27.2 Å². The predicted octanol–water partition coefficient (Wildman–Crippen LogP) is 5.98. The lowest BCUT2D eigenvalue weighted by molar-refractivity contribution is 0.103. The van der Waals surface area contributed by atoms with Crippen molar-refractivity contribution in [2.24, 2.45) is 0 Å². The van der Waals surface area contributed by atoms with E-state index in [4.69, 9.17) is 17.3 Å². The Kier molecular flexibility index (Phi) is 5.24. The molecule has 0 bridgehead atoms. The number of nitrogen functional groups attached to an aromatic ring is 1. The maximum atomic E-state index is 13.3. The first-order chi connectivity index (χ1) is 14.1. The van der Waals surface area contributed by atoms with E-state index in [1.54, 1.807) is 0 Å². The fraction of sp³-hybridized carbons (Fsp3) is 0.0800. The summed E-state index contributed by atoms with van der Waals surface area (Å²) in [6.45, 7) is 2.55. The lowest BCUT2D eigenvalue weighted by Gasteiger charge is -2.13. The standard InChI is InChI=1S/C25H21ClN2O/c1-17-22(25(29)20-10-6-3-7-11-20)23(27)24(19-8-4-2-5-9-19)28(17)16-18-12-14-21(26)15-13-18/h2-15H,16,27H2,1H3. The zero-order chi connectivity index (χ0) is 20.4. The summed E-state index contributed by atoms with van der Waals surface area (Å²) >= 11 is 6.04. The minimum Gasteiger partial charge on any atom is -0.396 e. The fourth-order valence-corrected chi connectivity index (χ4v) is 3.79. The van der Waals surface area contributed by atoms with Gasteiger partial charge in [-0.05, 0) is 24.6 Å². The molecule has 3 nitrogen and oxygen atoms in total. The molecule has 0 saturated heterocycles. The highest BCUT2D eigenvalue weighted by Gasteiger charge is 2.25. The van der Waals surface area contributed by atoms with Crippen molar-refractivity contribution in [3.05, 3.63) is 112 Å². The second-order valence-corrected chi connectivity index (χ2v) is 7.43. The number of hydrogen-bond acceptors (Lipinski definition) is 2. The average molecular weight is 401 g/mol. The van der Waals surface area contributed by atoms with Crippen LogP contribution in [0.2, 0.25) is 5.02 Å². The summed E-state index contributed by atoms with van der Waals surface area (Å²) in [4.78, 5) is 13.3. The first-order valence-corrected chi connectivity index (χ1v) is 9.82. The Morgan fingerprint density at radius 3 is 2.10 bits per heavy atom. The maximum absolute atomic E-state index is 13.3. The van der Waals surface area contributed by atoms with E-state index in [-0.39, 0.29) is 5.78 Å². The van der Waals surface area contributed by atoms with E-state index >= 15 is 0 Å². The van der Waals surface area contributed by atoms with Crippen molar-refractivity contribution in [2.45, 2.75) is 13.5 Å². The maximum Gasteiger partial charge on any atom is 0.196 e. The Balaban J connectivity index is 1.88. The summed E-state index contributed by atoms with van der Waals surface area (Å²) in [7, 11) is 0. The average Bonchev–Trinajstić information content (AvgIpc) is 3.00. The van der Waals surface area contributed by atoms with Gasteiger partial charge in [0.15, 0.2) is 5.78 Å². The Morgan fingerprint density at radius 1 is 0.897 bits per heavy atom. The van der Waals surface area contributed by atoms with Crippen LogP contribution in [0, 0.1) is 6.92 Å². The molecular weight excluding hydrogens is 380 g/mol. The predicted molar refractivity (Wildman–Crippen MR) is 119 cm³/mol. The van der Waals surface area contributed by atoms with Crippen molar-refractivity contribution in [1.29, 1.82) is 0 Å². The number of aromatic nitrogens is 1. The third-order valence-corrected chi connectivity index (χ3v) is 5.38. The minimum atomic E-state index is -0.0624. The number of carbonyl (C=O) groups excluding carboxylic acids is 1. The highest BCUT2D eigenvalue weighted by atomic mass is 35.5.